The van der Waals surface area contributed by atoms with Gasteiger partial charge < -0.3 is 10.6 Å². The van der Waals surface area contributed by atoms with Crippen LogP contribution in [0.15, 0.2) is 24.3 Å². The fourth-order valence-corrected chi connectivity index (χ4v) is 3.76. The minimum atomic E-state index is -2.61. The second-order valence-electron chi connectivity index (χ2n) is 6.98. The van der Waals surface area contributed by atoms with E-state index >= 15 is 0 Å². The molecule has 1 fully saturated rings. The van der Waals surface area contributed by atoms with Gasteiger partial charge >= 0.3 is 6.03 Å². The van der Waals surface area contributed by atoms with Gasteiger partial charge in [-0.05, 0) is 25.3 Å². The quantitative estimate of drug-likeness (QED) is 0.523. The summed E-state index contributed by atoms with van der Waals surface area (Å²) in [5, 5.41) is 7.54. The first-order valence-electron chi connectivity index (χ1n) is 9.55. The molecule has 1 aromatic carbocycles. The van der Waals surface area contributed by atoms with Crippen LogP contribution in [-0.2, 0) is 4.79 Å². The highest BCUT2D eigenvalue weighted by Gasteiger charge is 2.30. The number of urea groups is 1. The van der Waals surface area contributed by atoms with Gasteiger partial charge in [0, 0.05) is 24.4 Å². The van der Waals surface area contributed by atoms with E-state index in [-0.39, 0.29) is 24.7 Å². The molecule has 7 nitrogen and oxygen atoms in total. The first kappa shape index (κ1) is 21.8. The highest BCUT2D eigenvalue weighted by molar-refractivity contribution is 7.19. The van der Waals surface area contributed by atoms with Crippen LogP contribution in [0.25, 0.3) is 10.4 Å². The molecule has 0 aliphatic heterocycles. The van der Waals surface area contributed by atoms with Gasteiger partial charge in [-0.3, -0.25) is 14.9 Å². The molecule has 1 saturated carbocycles. The molecule has 0 radical (unpaired) electrons. The van der Waals surface area contributed by atoms with Crippen molar-refractivity contribution in [3.05, 3.63) is 35.5 Å². The van der Waals surface area contributed by atoms with Crippen molar-refractivity contribution in [2.75, 3.05) is 18.4 Å². The Morgan fingerprint density at radius 2 is 1.87 bits per heavy atom. The number of carbonyl (C=O) groups is 3. The molecule has 3 rings (SSSR count). The number of nitrogens with one attached hydrogen (secondary N) is 3. The van der Waals surface area contributed by atoms with E-state index in [2.05, 4.69) is 20.9 Å². The Labute approximate surface area is 176 Å². The third kappa shape index (κ3) is 6.06. The SMILES string of the molecule is Cc1nc(NC(=O)NCCC(=O)NCC(F)F)sc1-c1ccc(C(=O)C2CC2)cc1. The summed E-state index contributed by atoms with van der Waals surface area (Å²) in [5.74, 6) is -0.207. The fraction of sp³-hybridized carbons (Fsp3) is 0.400. The van der Waals surface area contributed by atoms with Gasteiger partial charge in [0.1, 0.15) is 0 Å². The zero-order chi connectivity index (χ0) is 21.7. The molecule has 10 heteroatoms. The highest BCUT2D eigenvalue weighted by atomic mass is 32.1. The molecule has 30 heavy (non-hydrogen) atoms. The number of Topliss-reactive ketones (excluding diaryl/α,β-unsaturated/α-hetero) is 1. The number of anilines is 1. The van der Waals surface area contributed by atoms with E-state index in [4.69, 9.17) is 0 Å². The largest absolute Gasteiger partial charge is 0.350 e. The van der Waals surface area contributed by atoms with Gasteiger partial charge in [0.2, 0.25) is 5.91 Å². The second-order valence-corrected chi connectivity index (χ2v) is 7.97. The lowest BCUT2D eigenvalue weighted by Crippen LogP contribution is -2.34. The number of thiazole rings is 1. The molecule has 0 spiro atoms. The molecule has 0 saturated heterocycles. The molecule has 0 unspecified atom stereocenters. The van der Waals surface area contributed by atoms with Gasteiger partial charge in [0.25, 0.3) is 6.43 Å². The van der Waals surface area contributed by atoms with Gasteiger partial charge in [0.15, 0.2) is 10.9 Å². The van der Waals surface area contributed by atoms with Gasteiger partial charge in [-0.2, -0.15) is 0 Å². The van der Waals surface area contributed by atoms with E-state index < -0.39 is 24.9 Å². The van der Waals surface area contributed by atoms with Crippen LogP contribution in [0, 0.1) is 12.8 Å². The topological polar surface area (TPSA) is 100 Å². The molecule has 3 N–H and O–H groups in total. The summed E-state index contributed by atoms with van der Waals surface area (Å²) in [5.41, 5.74) is 2.35. The average Bonchev–Trinajstić information content (AvgIpc) is 3.49. The van der Waals surface area contributed by atoms with Crippen molar-refractivity contribution in [2.45, 2.75) is 32.6 Å². The van der Waals surface area contributed by atoms with Crippen molar-refractivity contribution in [2.24, 2.45) is 5.92 Å². The Hall–Kier alpha value is -2.88. The normalized spacial score (nSPS) is 13.2. The van der Waals surface area contributed by atoms with Gasteiger partial charge in [-0.1, -0.05) is 35.6 Å². The minimum Gasteiger partial charge on any atom is -0.350 e. The van der Waals surface area contributed by atoms with Crippen LogP contribution < -0.4 is 16.0 Å². The molecule has 3 amide bonds. The summed E-state index contributed by atoms with van der Waals surface area (Å²) in [6, 6.07) is 6.83. The Kier molecular flexibility index (Phi) is 7.09. The minimum absolute atomic E-state index is 0.00854. The average molecular weight is 436 g/mol. The summed E-state index contributed by atoms with van der Waals surface area (Å²) in [7, 11) is 0. The molecule has 1 aromatic heterocycles. The molecular weight excluding hydrogens is 414 g/mol. The lowest BCUT2D eigenvalue weighted by molar-refractivity contribution is -0.121. The number of rotatable bonds is 9. The van der Waals surface area contributed by atoms with Crippen molar-refractivity contribution in [1.29, 1.82) is 0 Å². The van der Waals surface area contributed by atoms with Crippen LogP contribution in [0.2, 0.25) is 0 Å². The molecule has 0 bridgehead atoms. The van der Waals surface area contributed by atoms with E-state index in [1.165, 1.54) is 11.3 Å². The number of aromatic nitrogens is 1. The van der Waals surface area contributed by atoms with Crippen LogP contribution >= 0.6 is 11.3 Å². The third-order valence-electron chi connectivity index (χ3n) is 4.49. The smallest absolute Gasteiger partial charge is 0.321 e. The molecular formula is C20H22F2N4O3S. The third-order valence-corrected chi connectivity index (χ3v) is 5.61. The number of carbonyl (C=O) groups excluding carboxylic acids is 3. The van der Waals surface area contributed by atoms with Crippen molar-refractivity contribution in [3.63, 3.8) is 0 Å². The standard InChI is InChI=1S/C20H22F2N4O3S/c1-11-18(14-6-4-13(5-7-14)17(28)12-2-3-12)30-20(25-11)26-19(29)23-9-8-16(27)24-10-15(21)22/h4-7,12,15H,2-3,8-10H2,1H3,(H,24,27)(H2,23,25,26,29). The first-order chi connectivity index (χ1) is 14.3. The monoisotopic (exact) mass is 436 g/mol. The predicted octanol–water partition coefficient (Wildman–Crippen LogP) is 3.60. The zero-order valence-corrected chi connectivity index (χ0v) is 17.2. The molecule has 160 valence electrons. The number of aryl methyl sites for hydroxylation is 1. The van der Waals surface area contributed by atoms with Crippen LogP contribution in [0.5, 0.6) is 0 Å². The maximum atomic E-state index is 12.1. The summed E-state index contributed by atoms with van der Waals surface area (Å²) in [6.07, 6.45) is -0.783. The molecule has 1 heterocycles. The first-order valence-corrected chi connectivity index (χ1v) is 10.4. The molecule has 0 atom stereocenters. The van der Waals surface area contributed by atoms with Crippen molar-refractivity contribution < 1.29 is 23.2 Å². The van der Waals surface area contributed by atoms with E-state index in [1.54, 1.807) is 0 Å². The van der Waals surface area contributed by atoms with Crippen molar-refractivity contribution in [1.82, 2.24) is 15.6 Å². The Morgan fingerprint density at radius 1 is 1.17 bits per heavy atom. The number of nitrogens with zero attached hydrogens (tertiary/aromatic N) is 1. The lowest BCUT2D eigenvalue weighted by atomic mass is 10.0. The number of ketones is 1. The number of hydrogen-bond acceptors (Lipinski definition) is 5. The maximum Gasteiger partial charge on any atom is 0.321 e. The zero-order valence-electron chi connectivity index (χ0n) is 16.3. The number of hydrogen-bond donors (Lipinski definition) is 3. The number of halogens is 2. The Balaban J connectivity index is 1.51. The van der Waals surface area contributed by atoms with E-state index in [0.717, 1.165) is 29.0 Å². The summed E-state index contributed by atoms with van der Waals surface area (Å²) in [6.45, 7) is 1.13. The number of benzene rings is 1. The van der Waals surface area contributed by atoms with Crippen LogP contribution in [0.3, 0.4) is 0 Å². The lowest BCUT2D eigenvalue weighted by Gasteiger charge is -2.06. The summed E-state index contributed by atoms with van der Waals surface area (Å²) >= 11 is 1.29. The number of alkyl halides is 2. The van der Waals surface area contributed by atoms with Crippen molar-refractivity contribution >= 4 is 34.2 Å². The van der Waals surface area contributed by atoms with Crippen LogP contribution in [0.4, 0.5) is 18.7 Å². The predicted molar refractivity (Wildman–Crippen MR) is 110 cm³/mol. The van der Waals surface area contributed by atoms with Crippen molar-refractivity contribution in [3.8, 4) is 10.4 Å². The Morgan fingerprint density at radius 3 is 2.50 bits per heavy atom. The molecule has 2 aromatic rings. The van der Waals surface area contributed by atoms with Crippen LogP contribution in [-0.4, -0.2) is 42.2 Å². The van der Waals surface area contributed by atoms with Crippen LogP contribution in [0.1, 0.15) is 35.3 Å². The molecule has 1 aliphatic rings. The number of amides is 3. The van der Waals surface area contributed by atoms with E-state index in [9.17, 15) is 23.2 Å². The summed E-state index contributed by atoms with van der Waals surface area (Å²) < 4.78 is 24.0. The Bertz CT molecular complexity index is 927. The highest BCUT2D eigenvalue weighted by Crippen LogP contribution is 2.35. The van der Waals surface area contributed by atoms with E-state index in [1.807, 2.05) is 31.2 Å². The molecule has 1 aliphatic carbocycles. The van der Waals surface area contributed by atoms with Gasteiger partial charge in [-0.15, -0.1) is 0 Å². The summed E-state index contributed by atoms with van der Waals surface area (Å²) in [4.78, 5) is 40.6. The second kappa shape index (κ2) is 9.75. The van der Waals surface area contributed by atoms with E-state index in [0.29, 0.717) is 10.7 Å². The fourth-order valence-electron chi connectivity index (χ4n) is 2.80. The van der Waals surface area contributed by atoms with Gasteiger partial charge in [0.05, 0.1) is 17.1 Å². The maximum absolute atomic E-state index is 12.1. The van der Waals surface area contributed by atoms with Gasteiger partial charge in [-0.25, -0.2) is 18.6 Å².